The van der Waals surface area contributed by atoms with Crippen LogP contribution in [0.4, 0.5) is 26.3 Å². The molecule has 0 saturated carbocycles. The van der Waals surface area contributed by atoms with Crippen LogP contribution >= 0.6 is 12.6 Å². The minimum atomic E-state index is -4.93. The SMILES string of the molecule is CS.OC(c1cc(C(F)(F)F)nc2c(C(F)(F)F)cccc12)C1CCCCN1. The summed E-state index contributed by atoms with van der Waals surface area (Å²) in [4.78, 5) is 3.22. The summed E-state index contributed by atoms with van der Waals surface area (Å²) in [7, 11) is 0. The molecule has 0 bridgehead atoms. The van der Waals surface area contributed by atoms with E-state index in [0.717, 1.165) is 18.9 Å². The van der Waals surface area contributed by atoms with Crippen molar-refractivity contribution in [1.82, 2.24) is 10.3 Å². The Hall–Kier alpha value is -1.52. The van der Waals surface area contributed by atoms with E-state index in [1.165, 1.54) is 6.07 Å². The molecule has 0 aliphatic carbocycles. The number of aromatic nitrogens is 1. The van der Waals surface area contributed by atoms with Crippen molar-refractivity contribution in [3.63, 3.8) is 0 Å². The predicted molar refractivity (Wildman–Crippen MR) is 97.3 cm³/mol. The first kappa shape index (κ1) is 22.8. The maximum atomic E-state index is 13.2. The summed E-state index contributed by atoms with van der Waals surface area (Å²) < 4.78 is 79.3. The monoisotopic (exact) mass is 426 g/mol. The number of thiol groups is 1. The zero-order valence-corrected chi connectivity index (χ0v) is 15.8. The molecule has 10 heteroatoms. The van der Waals surface area contributed by atoms with Crippen molar-refractivity contribution in [2.45, 2.75) is 43.8 Å². The number of hydrogen-bond acceptors (Lipinski definition) is 4. The van der Waals surface area contributed by atoms with E-state index in [1.54, 1.807) is 6.26 Å². The molecule has 3 rings (SSSR count). The van der Waals surface area contributed by atoms with Gasteiger partial charge in [0.25, 0.3) is 0 Å². The highest BCUT2D eigenvalue weighted by Gasteiger charge is 2.38. The molecule has 2 heterocycles. The Morgan fingerprint density at radius 2 is 1.79 bits per heavy atom. The molecule has 1 aliphatic rings. The van der Waals surface area contributed by atoms with Gasteiger partial charge in [0, 0.05) is 11.4 Å². The summed E-state index contributed by atoms with van der Waals surface area (Å²) in [6.45, 7) is 0.588. The number of hydrogen-bond donors (Lipinski definition) is 3. The van der Waals surface area contributed by atoms with Crippen molar-refractivity contribution in [2.24, 2.45) is 0 Å². The van der Waals surface area contributed by atoms with Crippen LogP contribution in [0.1, 0.15) is 42.2 Å². The summed E-state index contributed by atoms with van der Waals surface area (Å²) in [5.41, 5.74) is -3.72. The number of nitrogens with zero attached hydrogens (tertiary/aromatic N) is 1. The normalized spacial score (nSPS) is 19.1. The largest absolute Gasteiger partial charge is 0.433 e. The van der Waals surface area contributed by atoms with Gasteiger partial charge in [0.1, 0.15) is 5.69 Å². The quantitative estimate of drug-likeness (QED) is 0.468. The standard InChI is InChI=1S/C17H16F6N2O.CH4S/c18-16(19,20)11-5-3-4-9-10(15(26)12-6-1-2-7-24-12)8-13(17(21,22)23)25-14(9)11;1-2/h3-5,8,12,15,24,26H,1-2,6-7H2;2H,1H3. The fourth-order valence-electron chi connectivity index (χ4n) is 3.26. The van der Waals surface area contributed by atoms with Gasteiger partial charge in [0.15, 0.2) is 0 Å². The van der Waals surface area contributed by atoms with Gasteiger partial charge in [-0.2, -0.15) is 39.0 Å². The Morgan fingerprint density at radius 3 is 2.32 bits per heavy atom. The van der Waals surface area contributed by atoms with Gasteiger partial charge in [-0.1, -0.05) is 18.6 Å². The fourth-order valence-corrected chi connectivity index (χ4v) is 3.26. The van der Waals surface area contributed by atoms with E-state index in [9.17, 15) is 31.4 Å². The third-order valence-electron chi connectivity index (χ3n) is 4.52. The lowest BCUT2D eigenvalue weighted by Gasteiger charge is -2.29. The van der Waals surface area contributed by atoms with Gasteiger partial charge in [-0.25, -0.2) is 4.98 Å². The van der Waals surface area contributed by atoms with Gasteiger partial charge in [-0.3, -0.25) is 0 Å². The topological polar surface area (TPSA) is 45.2 Å². The number of para-hydroxylation sites is 1. The summed E-state index contributed by atoms with van der Waals surface area (Å²) in [6, 6.07) is 3.16. The summed E-state index contributed by atoms with van der Waals surface area (Å²) in [6.07, 6.45) is -7.30. The molecule has 28 heavy (non-hydrogen) atoms. The third kappa shape index (κ3) is 4.90. The van der Waals surface area contributed by atoms with Crippen molar-refractivity contribution in [2.75, 3.05) is 12.8 Å². The maximum absolute atomic E-state index is 13.2. The van der Waals surface area contributed by atoms with E-state index >= 15 is 0 Å². The number of halogens is 6. The highest BCUT2D eigenvalue weighted by Crippen LogP contribution is 2.39. The van der Waals surface area contributed by atoms with Crippen LogP contribution < -0.4 is 5.32 Å². The highest BCUT2D eigenvalue weighted by molar-refractivity contribution is 7.79. The molecular formula is C18H20F6N2OS. The van der Waals surface area contributed by atoms with E-state index in [4.69, 9.17) is 0 Å². The van der Waals surface area contributed by atoms with Crippen molar-refractivity contribution in [3.8, 4) is 0 Å². The zero-order valence-electron chi connectivity index (χ0n) is 14.9. The second-order valence-electron chi connectivity index (χ2n) is 6.30. The van der Waals surface area contributed by atoms with E-state index < -0.39 is 41.3 Å². The molecule has 0 amide bonds. The van der Waals surface area contributed by atoms with Crippen LogP contribution in [0.25, 0.3) is 10.9 Å². The van der Waals surface area contributed by atoms with Gasteiger partial charge >= 0.3 is 12.4 Å². The number of pyridine rings is 1. The van der Waals surface area contributed by atoms with Crippen LogP contribution in [0.3, 0.4) is 0 Å². The van der Waals surface area contributed by atoms with E-state index in [0.29, 0.717) is 25.1 Å². The number of nitrogens with one attached hydrogen (secondary N) is 1. The average molecular weight is 426 g/mol. The Labute approximate surface area is 163 Å². The minimum absolute atomic E-state index is 0.132. The molecule has 0 spiro atoms. The molecule has 2 unspecified atom stereocenters. The number of rotatable bonds is 2. The second-order valence-corrected chi connectivity index (χ2v) is 6.30. The lowest BCUT2D eigenvalue weighted by molar-refractivity contribution is -0.142. The molecule has 3 nitrogen and oxygen atoms in total. The average Bonchev–Trinajstić information content (AvgIpc) is 2.67. The van der Waals surface area contributed by atoms with Crippen molar-refractivity contribution < 1.29 is 31.4 Å². The number of fused-ring (bicyclic) bond motifs is 1. The van der Waals surface area contributed by atoms with Gasteiger partial charge in [-0.15, -0.1) is 0 Å². The van der Waals surface area contributed by atoms with Crippen LogP contribution in [0.15, 0.2) is 24.3 Å². The first-order valence-electron chi connectivity index (χ1n) is 8.53. The molecule has 2 N–H and O–H groups in total. The number of alkyl halides is 6. The van der Waals surface area contributed by atoms with Crippen LogP contribution in [0, 0.1) is 0 Å². The molecule has 1 fully saturated rings. The van der Waals surface area contributed by atoms with Crippen molar-refractivity contribution in [1.29, 1.82) is 0 Å². The summed E-state index contributed by atoms with van der Waals surface area (Å²) >= 11 is 3.53. The smallest absolute Gasteiger partial charge is 0.387 e. The molecule has 1 aromatic carbocycles. The Kier molecular flexibility index (Phi) is 7.22. The van der Waals surface area contributed by atoms with Crippen LogP contribution in [-0.4, -0.2) is 28.9 Å². The lowest BCUT2D eigenvalue weighted by Crippen LogP contribution is -2.39. The van der Waals surface area contributed by atoms with Crippen molar-refractivity contribution in [3.05, 3.63) is 41.1 Å². The van der Waals surface area contributed by atoms with Crippen molar-refractivity contribution >= 4 is 23.5 Å². The van der Waals surface area contributed by atoms with E-state index in [1.807, 2.05) is 0 Å². The molecule has 0 radical (unpaired) electrons. The second kappa shape index (κ2) is 8.87. The molecule has 1 aliphatic heterocycles. The van der Waals surface area contributed by atoms with E-state index in [2.05, 4.69) is 22.9 Å². The molecule has 156 valence electrons. The summed E-state index contributed by atoms with van der Waals surface area (Å²) in [5.74, 6) is 0. The third-order valence-corrected chi connectivity index (χ3v) is 4.52. The number of piperidine rings is 1. The number of aliphatic hydroxyl groups excluding tert-OH is 1. The Morgan fingerprint density at radius 1 is 1.11 bits per heavy atom. The van der Waals surface area contributed by atoms with Crippen LogP contribution in [0.5, 0.6) is 0 Å². The Bertz CT molecular complexity index is 803. The fraction of sp³-hybridized carbons (Fsp3) is 0.500. The zero-order chi connectivity index (χ0) is 21.1. The van der Waals surface area contributed by atoms with Gasteiger partial charge in [0.05, 0.1) is 17.2 Å². The van der Waals surface area contributed by atoms with E-state index in [-0.39, 0.29) is 10.9 Å². The molecule has 2 atom stereocenters. The number of benzene rings is 1. The molecule has 1 saturated heterocycles. The Balaban J connectivity index is 0.00000136. The first-order valence-corrected chi connectivity index (χ1v) is 9.42. The lowest BCUT2D eigenvalue weighted by atomic mass is 9.91. The molecular weight excluding hydrogens is 406 g/mol. The molecule has 1 aromatic heterocycles. The highest BCUT2D eigenvalue weighted by atomic mass is 32.1. The van der Waals surface area contributed by atoms with Gasteiger partial charge in [0.2, 0.25) is 0 Å². The maximum Gasteiger partial charge on any atom is 0.433 e. The minimum Gasteiger partial charge on any atom is -0.387 e. The van der Waals surface area contributed by atoms with Crippen LogP contribution in [-0.2, 0) is 12.4 Å². The summed E-state index contributed by atoms with van der Waals surface area (Å²) in [5, 5.41) is 13.5. The van der Waals surface area contributed by atoms with Gasteiger partial charge in [-0.05, 0) is 43.3 Å². The number of aliphatic hydroxyl groups is 1. The molecule has 2 aromatic rings. The first-order chi connectivity index (χ1) is 13.1. The predicted octanol–water partition coefficient (Wildman–Crippen LogP) is 4.99. The van der Waals surface area contributed by atoms with Gasteiger partial charge < -0.3 is 10.4 Å². The van der Waals surface area contributed by atoms with Crippen LogP contribution in [0.2, 0.25) is 0 Å².